The van der Waals surface area contributed by atoms with E-state index in [4.69, 9.17) is 9.47 Å². The van der Waals surface area contributed by atoms with Crippen LogP contribution < -0.4 is 4.74 Å². The van der Waals surface area contributed by atoms with E-state index in [0.29, 0.717) is 17.6 Å². The SMILES string of the molecule is CCOC(=O)CSc1nnc(COc2ccccc2)n1-c1ccccc1. The normalized spacial score (nSPS) is 10.5. The monoisotopic (exact) mass is 369 g/mol. The summed E-state index contributed by atoms with van der Waals surface area (Å²) >= 11 is 1.29. The van der Waals surface area contributed by atoms with Crippen LogP contribution in [0, 0.1) is 0 Å². The number of hydrogen-bond acceptors (Lipinski definition) is 6. The van der Waals surface area contributed by atoms with Crippen molar-refractivity contribution in [1.29, 1.82) is 0 Å². The van der Waals surface area contributed by atoms with E-state index < -0.39 is 0 Å². The summed E-state index contributed by atoms with van der Waals surface area (Å²) in [6.07, 6.45) is 0. The zero-order valence-electron chi connectivity index (χ0n) is 14.4. The molecule has 0 bridgehead atoms. The zero-order chi connectivity index (χ0) is 18.2. The lowest BCUT2D eigenvalue weighted by Gasteiger charge is -2.11. The van der Waals surface area contributed by atoms with Gasteiger partial charge >= 0.3 is 5.97 Å². The Labute approximate surface area is 156 Å². The fourth-order valence-electron chi connectivity index (χ4n) is 2.31. The van der Waals surface area contributed by atoms with Gasteiger partial charge in [0.1, 0.15) is 12.4 Å². The van der Waals surface area contributed by atoms with E-state index in [-0.39, 0.29) is 18.3 Å². The lowest BCUT2D eigenvalue weighted by Crippen LogP contribution is -2.09. The first-order valence-corrected chi connectivity index (χ1v) is 9.22. The Hall–Kier alpha value is -2.80. The average molecular weight is 369 g/mol. The number of benzene rings is 2. The summed E-state index contributed by atoms with van der Waals surface area (Å²) in [4.78, 5) is 11.7. The average Bonchev–Trinajstić information content (AvgIpc) is 3.09. The van der Waals surface area contributed by atoms with Gasteiger partial charge in [0.25, 0.3) is 0 Å². The third-order valence-corrected chi connectivity index (χ3v) is 4.35. The van der Waals surface area contributed by atoms with Crippen molar-refractivity contribution in [3.8, 4) is 11.4 Å². The number of ether oxygens (including phenoxy) is 2. The number of para-hydroxylation sites is 2. The van der Waals surface area contributed by atoms with Crippen molar-refractivity contribution < 1.29 is 14.3 Å². The van der Waals surface area contributed by atoms with Crippen LogP contribution in [0.3, 0.4) is 0 Å². The van der Waals surface area contributed by atoms with Crippen molar-refractivity contribution in [2.75, 3.05) is 12.4 Å². The van der Waals surface area contributed by atoms with E-state index in [1.165, 1.54) is 11.8 Å². The van der Waals surface area contributed by atoms with Crippen LogP contribution in [0.1, 0.15) is 12.7 Å². The molecule has 6 nitrogen and oxygen atoms in total. The van der Waals surface area contributed by atoms with E-state index in [1.54, 1.807) is 6.92 Å². The Bertz CT molecular complexity index is 838. The minimum Gasteiger partial charge on any atom is -0.486 e. The molecule has 0 saturated carbocycles. The zero-order valence-corrected chi connectivity index (χ0v) is 15.2. The van der Waals surface area contributed by atoms with Crippen LogP contribution in [0.4, 0.5) is 0 Å². The molecule has 1 heterocycles. The van der Waals surface area contributed by atoms with Crippen LogP contribution in [0.5, 0.6) is 5.75 Å². The molecule has 0 aliphatic heterocycles. The van der Waals surface area contributed by atoms with Gasteiger partial charge in [-0.3, -0.25) is 9.36 Å². The van der Waals surface area contributed by atoms with Crippen molar-refractivity contribution in [2.24, 2.45) is 0 Å². The van der Waals surface area contributed by atoms with Gasteiger partial charge in [-0.15, -0.1) is 10.2 Å². The van der Waals surface area contributed by atoms with Gasteiger partial charge in [-0.05, 0) is 31.2 Å². The van der Waals surface area contributed by atoms with Crippen molar-refractivity contribution in [1.82, 2.24) is 14.8 Å². The van der Waals surface area contributed by atoms with Gasteiger partial charge in [0.15, 0.2) is 11.0 Å². The molecule has 3 rings (SSSR count). The van der Waals surface area contributed by atoms with Gasteiger partial charge in [-0.25, -0.2) is 0 Å². The third kappa shape index (κ3) is 4.64. The van der Waals surface area contributed by atoms with Crippen molar-refractivity contribution in [3.63, 3.8) is 0 Å². The summed E-state index contributed by atoms with van der Waals surface area (Å²) < 4.78 is 12.7. The summed E-state index contributed by atoms with van der Waals surface area (Å²) in [7, 11) is 0. The molecular weight excluding hydrogens is 350 g/mol. The lowest BCUT2D eigenvalue weighted by atomic mass is 10.3. The number of hydrogen-bond donors (Lipinski definition) is 0. The highest BCUT2D eigenvalue weighted by molar-refractivity contribution is 7.99. The first-order chi connectivity index (χ1) is 12.8. The number of carbonyl (C=O) groups is 1. The summed E-state index contributed by atoms with van der Waals surface area (Å²) in [6.45, 7) is 2.42. The summed E-state index contributed by atoms with van der Waals surface area (Å²) in [5.41, 5.74) is 0.913. The predicted octanol–water partition coefficient (Wildman–Crippen LogP) is 3.50. The summed E-state index contributed by atoms with van der Waals surface area (Å²) in [6, 6.07) is 19.3. The van der Waals surface area contributed by atoms with E-state index in [2.05, 4.69) is 10.2 Å². The molecule has 0 saturated heterocycles. The van der Waals surface area contributed by atoms with Crippen LogP contribution in [0.25, 0.3) is 5.69 Å². The highest BCUT2D eigenvalue weighted by atomic mass is 32.2. The molecule has 0 aliphatic rings. The van der Waals surface area contributed by atoms with Gasteiger partial charge < -0.3 is 9.47 Å². The Morgan fingerprint density at radius 2 is 1.73 bits per heavy atom. The first-order valence-electron chi connectivity index (χ1n) is 8.24. The molecule has 0 unspecified atom stereocenters. The van der Waals surface area contributed by atoms with Crippen LogP contribution in [0.2, 0.25) is 0 Å². The molecular formula is C19H19N3O3S. The second kappa shape index (κ2) is 9.05. The van der Waals surface area contributed by atoms with Crippen molar-refractivity contribution in [2.45, 2.75) is 18.7 Å². The predicted molar refractivity (Wildman–Crippen MR) is 99.5 cm³/mol. The van der Waals surface area contributed by atoms with Gasteiger partial charge in [0.05, 0.1) is 12.4 Å². The Morgan fingerprint density at radius 3 is 2.42 bits per heavy atom. The van der Waals surface area contributed by atoms with Gasteiger partial charge in [0.2, 0.25) is 0 Å². The maximum Gasteiger partial charge on any atom is 0.316 e. The van der Waals surface area contributed by atoms with E-state index in [0.717, 1.165) is 11.4 Å². The number of aromatic nitrogens is 3. The van der Waals surface area contributed by atoms with Crippen LogP contribution >= 0.6 is 11.8 Å². The minimum absolute atomic E-state index is 0.179. The second-order valence-electron chi connectivity index (χ2n) is 5.27. The Morgan fingerprint density at radius 1 is 1.04 bits per heavy atom. The molecule has 0 radical (unpaired) electrons. The maximum atomic E-state index is 11.7. The first kappa shape index (κ1) is 18.0. The molecule has 0 atom stereocenters. The highest BCUT2D eigenvalue weighted by Gasteiger charge is 2.16. The molecule has 0 spiro atoms. The lowest BCUT2D eigenvalue weighted by molar-refractivity contribution is -0.139. The molecule has 0 fully saturated rings. The molecule has 1 aromatic heterocycles. The molecule has 0 N–H and O–H groups in total. The Balaban J connectivity index is 1.81. The molecule has 0 aliphatic carbocycles. The molecule has 7 heteroatoms. The minimum atomic E-state index is -0.276. The topological polar surface area (TPSA) is 66.2 Å². The summed E-state index contributed by atoms with van der Waals surface area (Å²) in [5, 5.41) is 9.09. The smallest absolute Gasteiger partial charge is 0.316 e. The van der Waals surface area contributed by atoms with E-state index in [9.17, 15) is 4.79 Å². The van der Waals surface area contributed by atoms with Gasteiger partial charge in [0, 0.05) is 5.69 Å². The molecule has 26 heavy (non-hydrogen) atoms. The van der Waals surface area contributed by atoms with Crippen LogP contribution in [0.15, 0.2) is 65.8 Å². The van der Waals surface area contributed by atoms with Crippen LogP contribution in [-0.2, 0) is 16.1 Å². The molecule has 134 valence electrons. The fraction of sp³-hybridized carbons (Fsp3) is 0.211. The molecule has 2 aromatic carbocycles. The van der Waals surface area contributed by atoms with E-state index in [1.807, 2.05) is 65.2 Å². The number of thioether (sulfide) groups is 1. The highest BCUT2D eigenvalue weighted by Crippen LogP contribution is 2.23. The number of esters is 1. The number of rotatable bonds is 8. The maximum absolute atomic E-state index is 11.7. The van der Waals surface area contributed by atoms with Crippen LogP contribution in [-0.4, -0.2) is 33.1 Å². The number of carbonyl (C=O) groups excluding carboxylic acids is 1. The summed E-state index contributed by atoms with van der Waals surface area (Å²) in [5.74, 6) is 1.32. The third-order valence-electron chi connectivity index (χ3n) is 3.45. The second-order valence-corrected chi connectivity index (χ2v) is 6.21. The van der Waals surface area contributed by atoms with Gasteiger partial charge in [-0.2, -0.15) is 0 Å². The molecule has 3 aromatic rings. The van der Waals surface area contributed by atoms with E-state index >= 15 is 0 Å². The standard InChI is InChI=1S/C19H19N3O3S/c1-2-24-18(23)14-26-19-21-20-17(13-25-16-11-7-4-8-12-16)22(19)15-9-5-3-6-10-15/h3-12H,2,13-14H2,1H3. The van der Waals surface area contributed by atoms with Crippen molar-refractivity contribution in [3.05, 3.63) is 66.5 Å². The Kier molecular flexibility index (Phi) is 6.27. The fourth-order valence-corrected chi connectivity index (χ4v) is 3.08. The van der Waals surface area contributed by atoms with Crippen molar-refractivity contribution >= 4 is 17.7 Å². The van der Waals surface area contributed by atoms with Gasteiger partial charge in [-0.1, -0.05) is 48.2 Å². The molecule has 0 amide bonds. The number of nitrogens with zero attached hydrogens (tertiary/aromatic N) is 3. The quantitative estimate of drug-likeness (QED) is 0.447. The largest absolute Gasteiger partial charge is 0.486 e.